The van der Waals surface area contributed by atoms with Crippen LogP contribution >= 0.6 is 15.9 Å². The van der Waals surface area contributed by atoms with Gasteiger partial charge in [-0.15, -0.1) is 0 Å². The molecule has 0 saturated heterocycles. The van der Waals surface area contributed by atoms with E-state index in [2.05, 4.69) is 72.0 Å². The van der Waals surface area contributed by atoms with Gasteiger partial charge in [-0.1, -0.05) is 32.8 Å². The highest BCUT2D eigenvalue weighted by molar-refractivity contribution is 9.10. The number of unbranched alkanes of at least 4 members (excludes halogenated alkanes) is 2. The van der Waals surface area contributed by atoms with Crippen molar-refractivity contribution in [3.63, 3.8) is 0 Å². The van der Waals surface area contributed by atoms with Gasteiger partial charge in [0.1, 0.15) is 0 Å². The molecule has 0 amide bonds. The molecule has 114 valence electrons. The predicted molar refractivity (Wildman–Crippen MR) is 93.5 cm³/mol. The fourth-order valence-electron chi connectivity index (χ4n) is 2.35. The smallest absolute Gasteiger partial charge is 0.0513 e. The molecule has 1 rings (SSSR count). The summed E-state index contributed by atoms with van der Waals surface area (Å²) in [6, 6.07) is 7.26. The normalized spacial score (nSPS) is 11.1. The van der Waals surface area contributed by atoms with Crippen molar-refractivity contribution in [1.29, 1.82) is 0 Å². The summed E-state index contributed by atoms with van der Waals surface area (Å²) in [5, 5.41) is 3.37. The predicted octanol–water partition coefficient (Wildman–Crippen LogP) is 4.96. The van der Waals surface area contributed by atoms with E-state index in [1.807, 2.05) is 0 Å². The number of anilines is 1. The molecule has 0 heterocycles. The molecule has 0 fully saturated rings. The fraction of sp³-hybridized carbons (Fsp3) is 0.647. The zero-order valence-electron chi connectivity index (χ0n) is 13.4. The van der Waals surface area contributed by atoms with E-state index in [1.54, 1.807) is 0 Å². The van der Waals surface area contributed by atoms with Crippen molar-refractivity contribution >= 4 is 21.6 Å². The molecular formula is C17H29BrN2. The van der Waals surface area contributed by atoms with Crippen molar-refractivity contribution in [3.8, 4) is 0 Å². The lowest BCUT2D eigenvalue weighted by atomic mass is 10.1. The van der Waals surface area contributed by atoms with Gasteiger partial charge < -0.3 is 10.2 Å². The molecule has 20 heavy (non-hydrogen) atoms. The van der Waals surface area contributed by atoms with E-state index in [0.29, 0.717) is 6.04 Å². The van der Waals surface area contributed by atoms with E-state index in [9.17, 15) is 0 Å². The Morgan fingerprint density at radius 2 is 1.95 bits per heavy atom. The van der Waals surface area contributed by atoms with Gasteiger partial charge in [0, 0.05) is 23.6 Å². The van der Waals surface area contributed by atoms with Crippen molar-refractivity contribution in [1.82, 2.24) is 5.32 Å². The van der Waals surface area contributed by atoms with Crippen LogP contribution in [0.3, 0.4) is 0 Å². The number of nitrogens with zero attached hydrogens (tertiary/aromatic N) is 1. The van der Waals surface area contributed by atoms with Gasteiger partial charge in [-0.2, -0.15) is 0 Å². The number of hydrogen-bond acceptors (Lipinski definition) is 2. The number of nitrogens with one attached hydrogen (secondary N) is 1. The van der Waals surface area contributed by atoms with Gasteiger partial charge in [0.25, 0.3) is 0 Å². The summed E-state index contributed by atoms with van der Waals surface area (Å²) in [7, 11) is 0. The van der Waals surface area contributed by atoms with Gasteiger partial charge >= 0.3 is 0 Å². The van der Waals surface area contributed by atoms with Crippen LogP contribution < -0.4 is 10.2 Å². The zero-order valence-corrected chi connectivity index (χ0v) is 15.0. The maximum atomic E-state index is 3.75. The second kappa shape index (κ2) is 9.41. The first kappa shape index (κ1) is 17.5. The largest absolute Gasteiger partial charge is 0.368 e. The first-order valence-corrected chi connectivity index (χ1v) is 8.65. The molecule has 0 aliphatic rings. The number of halogens is 1. The second-order valence-corrected chi connectivity index (χ2v) is 6.41. The highest BCUT2D eigenvalue weighted by Crippen LogP contribution is 2.29. The quantitative estimate of drug-likeness (QED) is 0.639. The summed E-state index contributed by atoms with van der Waals surface area (Å²) >= 11 is 3.75. The Balaban J connectivity index is 2.80. The van der Waals surface area contributed by atoms with Gasteiger partial charge in [0.05, 0.1) is 5.69 Å². The Morgan fingerprint density at radius 1 is 1.20 bits per heavy atom. The van der Waals surface area contributed by atoms with Crippen molar-refractivity contribution < 1.29 is 0 Å². The minimum atomic E-state index is 0.530. The van der Waals surface area contributed by atoms with Crippen LogP contribution in [0.15, 0.2) is 22.7 Å². The lowest BCUT2D eigenvalue weighted by Crippen LogP contribution is -2.32. The van der Waals surface area contributed by atoms with Gasteiger partial charge in [0.2, 0.25) is 0 Å². The molecular weight excluding hydrogens is 312 g/mol. The molecule has 1 aromatic carbocycles. The molecule has 0 aliphatic carbocycles. The summed E-state index contributed by atoms with van der Waals surface area (Å²) in [4.78, 5) is 2.50. The van der Waals surface area contributed by atoms with Crippen molar-refractivity contribution in [3.05, 3.63) is 28.2 Å². The van der Waals surface area contributed by atoms with Crippen molar-refractivity contribution in [2.24, 2.45) is 0 Å². The Labute approximate surface area is 133 Å². The molecule has 0 bridgehead atoms. The maximum absolute atomic E-state index is 3.75. The molecule has 0 saturated carbocycles. The first-order chi connectivity index (χ1) is 9.60. The average Bonchev–Trinajstić information content (AvgIpc) is 2.42. The number of benzene rings is 1. The Bertz CT molecular complexity index is 391. The fourth-order valence-corrected chi connectivity index (χ4v) is 3.01. The summed E-state index contributed by atoms with van der Waals surface area (Å²) in [6.07, 6.45) is 3.84. The SMILES string of the molecule is CCCCCN(c1ccc(CNCC)cc1Br)C(C)C. The topological polar surface area (TPSA) is 15.3 Å². The highest BCUT2D eigenvalue weighted by Gasteiger charge is 2.13. The van der Waals surface area contributed by atoms with Gasteiger partial charge in [-0.3, -0.25) is 0 Å². The Hall–Kier alpha value is -0.540. The van der Waals surface area contributed by atoms with Crippen LogP contribution in [0.4, 0.5) is 5.69 Å². The molecule has 1 N–H and O–H groups in total. The lowest BCUT2D eigenvalue weighted by Gasteiger charge is -2.30. The van der Waals surface area contributed by atoms with Crippen LogP contribution in [0.5, 0.6) is 0 Å². The Morgan fingerprint density at radius 3 is 2.50 bits per heavy atom. The summed E-state index contributed by atoms with van der Waals surface area (Å²) in [5.74, 6) is 0. The summed E-state index contributed by atoms with van der Waals surface area (Å²) in [5.41, 5.74) is 2.65. The third-order valence-electron chi connectivity index (χ3n) is 3.53. The number of rotatable bonds is 9. The summed E-state index contributed by atoms with van der Waals surface area (Å²) < 4.78 is 1.21. The Kier molecular flexibility index (Phi) is 8.24. The lowest BCUT2D eigenvalue weighted by molar-refractivity contribution is 0.625. The molecule has 0 atom stereocenters. The van der Waals surface area contributed by atoms with E-state index in [-0.39, 0.29) is 0 Å². The van der Waals surface area contributed by atoms with Gasteiger partial charge in [0.15, 0.2) is 0 Å². The zero-order chi connectivity index (χ0) is 15.0. The molecule has 0 aliphatic heterocycles. The third-order valence-corrected chi connectivity index (χ3v) is 4.16. The van der Waals surface area contributed by atoms with Gasteiger partial charge in [-0.25, -0.2) is 0 Å². The van der Waals surface area contributed by atoms with Crippen LogP contribution in [-0.2, 0) is 6.54 Å². The van der Waals surface area contributed by atoms with Crippen LogP contribution in [0.25, 0.3) is 0 Å². The van der Waals surface area contributed by atoms with Crippen LogP contribution in [0, 0.1) is 0 Å². The third kappa shape index (κ3) is 5.45. The second-order valence-electron chi connectivity index (χ2n) is 5.56. The minimum absolute atomic E-state index is 0.530. The molecule has 3 heteroatoms. The molecule has 0 unspecified atom stereocenters. The first-order valence-electron chi connectivity index (χ1n) is 7.85. The van der Waals surface area contributed by atoms with Crippen LogP contribution in [0.2, 0.25) is 0 Å². The van der Waals surface area contributed by atoms with Crippen LogP contribution in [0.1, 0.15) is 52.5 Å². The van der Waals surface area contributed by atoms with E-state index in [0.717, 1.165) is 19.6 Å². The average molecular weight is 341 g/mol. The van der Waals surface area contributed by atoms with E-state index in [4.69, 9.17) is 0 Å². The maximum Gasteiger partial charge on any atom is 0.0513 e. The van der Waals surface area contributed by atoms with Crippen molar-refractivity contribution in [2.45, 2.75) is 59.5 Å². The van der Waals surface area contributed by atoms with E-state index < -0.39 is 0 Å². The molecule has 0 aromatic heterocycles. The standard InChI is InChI=1S/C17H29BrN2/c1-5-7-8-11-20(14(3)4)17-10-9-15(12-16(17)18)13-19-6-2/h9-10,12,14,19H,5-8,11,13H2,1-4H3. The molecule has 0 radical (unpaired) electrons. The molecule has 2 nitrogen and oxygen atoms in total. The van der Waals surface area contributed by atoms with E-state index in [1.165, 1.54) is 35.0 Å². The molecule has 0 spiro atoms. The molecule has 1 aromatic rings. The monoisotopic (exact) mass is 340 g/mol. The highest BCUT2D eigenvalue weighted by atomic mass is 79.9. The minimum Gasteiger partial charge on any atom is -0.368 e. The summed E-state index contributed by atoms with van der Waals surface area (Å²) in [6.45, 7) is 12.0. The van der Waals surface area contributed by atoms with Crippen molar-refractivity contribution in [2.75, 3.05) is 18.0 Å². The van der Waals surface area contributed by atoms with Gasteiger partial charge in [-0.05, 0) is 60.4 Å². The van der Waals surface area contributed by atoms with E-state index >= 15 is 0 Å². The van der Waals surface area contributed by atoms with Crippen LogP contribution in [-0.4, -0.2) is 19.1 Å². The number of hydrogen-bond donors (Lipinski definition) is 1.